The lowest BCUT2D eigenvalue weighted by Crippen LogP contribution is -2.46. The summed E-state index contributed by atoms with van der Waals surface area (Å²) in [6.07, 6.45) is -6.94. The van der Waals surface area contributed by atoms with Gasteiger partial charge in [-0.3, -0.25) is 46.8 Å². The Hall–Kier alpha value is -12.1. The normalized spacial score (nSPS) is 28.0. The third kappa shape index (κ3) is 20.2. The number of benzene rings is 4. The van der Waals surface area contributed by atoms with Gasteiger partial charge in [-0.15, -0.1) is 0 Å². The lowest BCUT2D eigenvalue weighted by atomic mass is 9.87. The smallest absolute Gasteiger partial charge is 0.352 e. The quantitative estimate of drug-likeness (QED) is 0.0584. The molecule has 4 aromatic carbocycles. The maximum absolute atomic E-state index is 12.4. The molecule has 19 atom stereocenters. The highest BCUT2D eigenvalue weighted by Crippen LogP contribution is 2.43. The monoisotopic (exact) mass is 1680 g/mol. The Morgan fingerprint density at radius 2 is 0.826 bits per heavy atom. The number of ether oxygens (including phenoxy) is 9. The second kappa shape index (κ2) is 39.0. The van der Waals surface area contributed by atoms with Crippen molar-refractivity contribution in [2.45, 2.75) is 144 Å². The fraction of sp³-hybridized carbons (Fsp3) is 0.380. The molecule has 16 rings (SSSR count). The van der Waals surface area contributed by atoms with Gasteiger partial charge in [0.1, 0.15) is 109 Å². The molecule has 0 aliphatic carbocycles. The molecule has 0 saturated carbocycles. The summed E-state index contributed by atoms with van der Waals surface area (Å²) in [6, 6.07) is 41.4. The Morgan fingerprint density at radius 1 is 0.446 bits per heavy atom. The van der Waals surface area contributed by atoms with Crippen LogP contribution in [0.5, 0.6) is 0 Å². The molecule has 121 heavy (non-hydrogen) atoms. The number of ketones is 1. The number of aromatic nitrogens is 10. The van der Waals surface area contributed by atoms with Gasteiger partial charge in [-0.25, -0.2) is 24.0 Å². The highest BCUT2D eigenvalue weighted by Gasteiger charge is 2.55. The lowest BCUT2D eigenvalue weighted by molar-refractivity contribution is -0.189. The number of nitrogens with two attached hydrogens (primary N) is 1. The van der Waals surface area contributed by atoms with Crippen LogP contribution in [0.1, 0.15) is 107 Å². The molecule has 0 bridgehead atoms. The van der Waals surface area contributed by atoms with E-state index < -0.39 is 151 Å². The molecule has 42 nitrogen and oxygen atoms in total. The molecule has 0 radical (unpaired) electrons. The zero-order chi connectivity index (χ0) is 86.6. The van der Waals surface area contributed by atoms with Crippen LogP contribution in [0.15, 0.2) is 207 Å². The molecule has 7 fully saturated rings. The predicted molar refractivity (Wildman–Crippen MR) is 419 cm³/mol. The second-order valence-electron chi connectivity index (χ2n) is 28.6. The SMILES string of the molecule is CC1(O)[C@@H](O)[C@@H](CO)O[C@H]1n1ccc(NC(=O)c2ccccc2)nc1=O.CC[C@H]1O[C@@H](n2ccc(NC(=O)c3ccccc3)nc2=O)C(C)(O)[C@H]1C.Nc1ccn([C@@H]2O[C@H](CO)[C@H](O)C2O)c(=O)n1.O=C(Nc1ccn([C@@H]2O[C@@H]3COCO[C@@H]3C2=O)c(=O)n1)c1ccccc1.O=C(Nc1ccn([C@@H]2O[C@@H]3COCO[C@@H]3C2O)c(=O)n1)c1ccccc1. The number of nitrogen functional groups attached to an aromatic ring is 1. The van der Waals surface area contributed by atoms with Crippen molar-refractivity contribution in [1.82, 2.24) is 47.8 Å². The average molecular weight is 1680 g/mol. The first kappa shape index (κ1) is 88.2. The molecule has 7 saturated heterocycles. The van der Waals surface area contributed by atoms with Crippen LogP contribution in [0.4, 0.5) is 29.1 Å². The highest BCUT2D eigenvalue weighted by molar-refractivity contribution is 6.05. The number of aliphatic hydroxyl groups is 8. The van der Waals surface area contributed by atoms with E-state index >= 15 is 0 Å². The van der Waals surface area contributed by atoms with Crippen LogP contribution in [0, 0.1) is 5.92 Å². The molecule has 640 valence electrons. The van der Waals surface area contributed by atoms with Crippen molar-refractivity contribution in [2.24, 2.45) is 5.92 Å². The molecule has 12 heterocycles. The van der Waals surface area contributed by atoms with Crippen LogP contribution in [-0.4, -0.2) is 236 Å². The first-order valence-corrected chi connectivity index (χ1v) is 37.7. The summed E-state index contributed by atoms with van der Waals surface area (Å²) >= 11 is 0. The van der Waals surface area contributed by atoms with Crippen molar-refractivity contribution >= 4 is 58.5 Å². The summed E-state index contributed by atoms with van der Waals surface area (Å²) in [5.41, 5.74) is 0.669. The lowest BCUT2D eigenvalue weighted by Gasteiger charge is -2.28. The van der Waals surface area contributed by atoms with E-state index in [2.05, 4.69) is 46.2 Å². The Morgan fingerprint density at radius 3 is 1.21 bits per heavy atom. The third-order valence-electron chi connectivity index (χ3n) is 20.4. The van der Waals surface area contributed by atoms with Gasteiger partial charge in [-0.2, -0.15) is 24.9 Å². The highest BCUT2D eigenvalue weighted by atomic mass is 16.7. The summed E-state index contributed by atoms with van der Waals surface area (Å²) in [5, 5.41) is 89.2. The number of fused-ring (bicyclic) bond motifs is 2. The number of anilines is 5. The van der Waals surface area contributed by atoms with Crippen LogP contribution >= 0.6 is 0 Å². The van der Waals surface area contributed by atoms with Gasteiger partial charge in [0.15, 0.2) is 31.0 Å². The number of hydrogen-bond acceptors (Lipinski definition) is 33. The van der Waals surface area contributed by atoms with E-state index in [-0.39, 0.29) is 91.4 Å². The van der Waals surface area contributed by atoms with Crippen molar-refractivity contribution in [3.8, 4) is 0 Å². The predicted octanol–water partition coefficient (Wildman–Crippen LogP) is -0.414. The standard InChI is InChI=1S/C19H23N3O4.C17H17N3O6.C17H15N3O6.C17H19N3O6.C9H13N3O5/c1-4-14-12(2)19(3,25)17(26-14)22-11-10-15(21-18(22)24)20-16(23)13-8-6-5-7-9-13;2*21-13-14-11(8-24-9-25-14)26-16(13)20-7-6-12(19-17(20)23)18-15(22)10-4-2-1-3-5-10;1-17(25)13(22)11(9-21)26-15(17)20-8-7-12(19-16(20)24)18-14(23)10-5-3-2-4-6-10;10-5-1-2-12(9(16)11-5)8-7(15)6(14)4(3-13)17-8/h5-12,14,17,25H,4H2,1-3H3,(H,20,21,23,24);1-7,11,13-14,16,21H,8-9H2,(H,18,19,22,23);1-7,11,14,16H,8-9H2,(H,18,19,22,23);2-8,11,13,15,21-22,25H,9H2,1H3,(H,18,19,23,24);1-2,4,6-8,13-15H,3H2,(H2,10,11,16)/t12-,14+,17+,19?;11-,13?,14+,16-;11-,14+,16-;11-,13+,15-,17?;4-,6+,7?,8-/m01111/s1. The van der Waals surface area contributed by atoms with Crippen LogP contribution < -0.4 is 55.4 Å². The Kier molecular flexibility index (Phi) is 28.4. The second-order valence-corrected chi connectivity index (χ2v) is 28.6. The summed E-state index contributed by atoms with van der Waals surface area (Å²) in [7, 11) is 0. The molecule has 42 heteroatoms. The van der Waals surface area contributed by atoms with E-state index in [9.17, 15) is 83.7 Å². The van der Waals surface area contributed by atoms with Gasteiger partial charge >= 0.3 is 28.4 Å². The largest absolute Gasteiger partial charge is 0.394 e. The number of carbonyl (C=O) groups is 5. The molecule has 0 spiro atoms. The molecular formula is C79H87N15O27. The Labute approximate surface area is 684 Å². The molecule has 9 aromatic rings. The zero-order valence-corrected chi connectivity index (χ0v) is 65.0. The number of Topliss-reactive ketones (excluding diaryl/α,β-unsaturated/α-hetero) is 1. The number of hydrogen-bond donors (Lipinski definition) is 13. The van der Waals surface area contributed by atoms with Crippen molar-refractivity contribution in [3.05, 3.63) is 257 Å². The molecule has 7 aliphatic rings. The maximum atomic E-state index is 12.4. The van der Waals surface area contributed by atoms with Crippen molar-refractivity contribution < 1.29 is 107 Å². The first-order valence-electron chi connectivity index (χ1n) is 37.7. The van der Waals surface area contributed by atoms with Crippen molar-refractivity contribution in [1.29, 1.82) is 0 Å². The summed E-state index contributed by atoms with van der Waals surface area (Å²) in [5.74, 6) is -1.57. The minimum atomic E-state index is -1.80. The fourth-order valence-corrected chi connectivity index (χ4v) is 13.7. The minimum absolute atomic E-state index is 0.0145. The van der Waals surface area contributed by atoms with Gasteiger partial charge in [-0.05, 0) is 99.1 Å². The number of nitrogens with zero attached hydrogens (tertiary/aromatic N) is 10. The summed E-state index contributed by atoms with van der Waals surface area (Å²) in [6.45, 7) is 6.47. The van der Waals surface area contributed by atoms with E-state index in [1.54, 1.807) is 122 Å². The molecule has 7 aliphatic heterocycles. The van der Waals surface area contributed by atoms with Crippen molar-refractivity contribution in [2.75, 3.05) is 67.0 Å². The van der Waals surface area contributed by atoms with Gasteiger partial charge in [-0.1, -0.05) is 86.6 Å². The molecule has 14 N–H and O–H groups in total. The van der Waals surface area contributed by atoms with E-state index in [4.69, 9.17) is 53.5 Å². The van der Waals surface area contributed by atoms with E-state index in [0.717, 1.165) is 20.1 Å². The summed E-state index contributed by atoms with van der Waals surface area (Å²) < 4.78 is 54.0. The Balaban J connectivity index is 0.000000139. The minimum Gasteiger partial charge on any atom is -0.394 e. The van der Waals surface area contributed by atoms with Crippen LogP contribution in [0.2, 0.25) is 0 Å². The van der Waals surface area contributed by atoms with E-state index in [1.165, 1.54) is 77.4 Å². The van der Waals surface area contributed by atoms with E-state index in [1.807, 2.05) is 19.9 Å². The van der Waals surface area contributed by atoms with Gasteiger partial charge < -0.3 is 110 Å². The molecule has 5 aromatic heterocycles. The van der Waals surface area contributed by atoms with Crippen LogP contribution in [0.3, 0.4) is 0 Å². The first-order chi connectivity index (χ1) is 58.0. The average Bonchev–Trinajstić information content (AvgIpc) is 1.62. The van der Waals surface area contributed by atoms with Crippen LogP contribution in [0.25, 0.3) is 0 Å². The van der Waals surface area contributed by atoms with Gasteiger partial charge in [0.25, 0.3) is 23.6 Å². The summed E-state index contributed by atoms with van der Waals surface area (Å²) in [4.78, 5) is 141. The van der Waals surface area contributed by atoms with Gasteiger partial charge in [0, 0.05) is 59.2 Å². The number of rotatable bonds is 16. The third-order valence-corrected chi connectivity index (χ3v) is 20.4. The number of carbonyl (C=O) groups excluding carboxylic acids is 5. The number of amides is 4. The molecule has 4 amide bonds. The number of aliphatic hydroxyl groups excluding tert-OH is 6. The Bertz CT molecular complexity index is 5290. The van der Waals surface area contributed by atoms with Gasteiger partial charge in [0.05, 0.1) is 32.5 Å². The molecule has 4 unspecified atom stereocenters. The topological polar surface area (TPSA) is 579 Å². The zero-order valence-electron chi connectivity index (χ0n) is 65.0. The molecular weight excluding hydrogens is 1590 g/mol. The maximum Gasteiger partial charge on any atom is 0.352 e. The van der Waals surface area contributed by atoms with Crippen LogP contribution in [-0.2, 0) is 47.4 Å². The van der Waals surface area contributed by atoms with Crippen molar-refractivity contribution in [3.63, 3.8) is 0 Å². The number of nitrogens with one attached hydrogen (secondary N) is 4. The van der Waals surface area contributed by atoms with Gasteiger partial charge in [0.2, 0.25) is 12.0 Å². The fourth-order valence-electron chi connectivity index (χ4n) is 13.7. The van der Waals surface area contributed by atoms with E-state index in [0.29, 0.717) is 22.3 Å².